The highest BCUT2D eigenvalue weighted by Gasteiger charge is 2.21. The third kappa shape index (κ3) is 5.47. The van der Waals surface area contributed by atoms with Gasteiger partial charge < -0.3 is 10.1 Å². The van der Waals surface area contributed by atoms with Gasteiger partial charge in [-0.3, -0.25) is 19.4 Å². The third-order valence-electron chi connectivity index (χ3n) is 4.69. The number of rotatable bonds is 8. The molecule has 0 spiro atoms. The number of H-pyrrole nitrogens is 1. The number of ether oxygens (including phenoxy) is 1. The molecular weight excluding hydrogens is 362 g/mol. The average Bonchev–Trinajstić information content (AvgIpc) is 3.03. The zero-order valence-corrected chi connectivity index (χ0v) is 16.5. The van der Waals surface area contributed by atoms with Crippen molar-refractivity contribution >= 4 is 18.1 Å². The number of benzene rings is 1. The van der Waals surface area contributed by atoms with Crippen molar-refractivity contribution in [1.29, 1.82) is 0 Å². The van der Waals surface area contributed by atoms with Gasteiger partial charge in [-0.05, 0) is 24.2 Å². The molecule has 1 amide bonds. The van der Waals surface area contributed by atoms with E-state index in [-0.39, 0.29) is 18.5 Å². The van der Waals surface area contributed by atoms with Crippen molar-refractivity contribution in [1.82, 2.24) is 25.0 Å². The normalized spacial score (nSPS) is 16.2. The van der Waals surface area contributed by atoms with Crippen LogP contribution in [0.4, 0.5) is 0 Å². The lowest BCUT2D eigenvalue weighted by Crippen LogP contribution is -2.43. The summed E-state index contributed by atoms with van der Waals surface area (Å²) >= 11 is 5.29. The zero-order valence-electron chi connectivity index (χ0n) is 15.7. The number of carbonyl (C=O) groups is 1. The van der Waals surface area contributed by atoms with Crippen LogP contribution in [0.2, 0.25) is 0 Å². The predicted molar refractivity (Wildman–Crippen MR) is 106 cm³/mol. The van der Waals surface area contributed by atoms with Gasteiger partial charge >= 0.3 is 0 Å². The molecule has 3 rings (SSSR count). The van der Waals surface area contributed by atoms with Gasteiger partial charge in [-0.2, -0.15) is 5.10 Å². The minimum Gasteiger partial charge on any atom is -0.379 e. The van der Waals surface area contributed by atoms with Crippen LogP contribution in [0.1, 0.15) is 30.8 Å². The monoisotopic (exact) mass is 389 g/mol. The average molecular weight is 390 g/mol. The van der Waals surface area contributed by atoms with Gasteiger partial charge in [0.15, 0.2) is 4.77 Å². The number of hydrogen-bond acceptors (Lipinski definition) is 5. The van der Waals surface area contributed by atoms with Crippen LogP contribution in [0, 0.1) is 4.77 Å². The Labute approximate surface area is 164 Å². The first-order chi connectivity index (χ1) is 13.2. The maximum atomic E-state index is 12.8. The van der Waals surface area contributed by atoms with Crippen LogP contribution in [0.25, 0.3) is 0 Å². The number of morpholine rings is 1. The Morgan fingerprint density at radius 1 is 1.33 bits per heavy atom. The first-order valence-electron chi connectivity index (χ1n) is 9.46. The molecule has 1 fully saturated rings. The fraction of sp³-hybridized carbons (Fsp3) is 0.526. The van der Waals surface area contributed by atoms with E-state index in [0.717, 1.165) is 57.1 Å². The summed E-state index contributed by atoms with van der Waals surface area (Å²) in [5, 5.41) is 10.2. The Morgan fingerprint density at radius 3 is 2.78 bits per heavy atom. The molecule has 1 atom stereocenters. The van der Waals surface area contributed by atoms with Crippen LogP contribution in [-0.4, -0.2) is 58.4 Å². The summed E-state index contributed by atoms with van der Waals surface area (Å²) in [6, 6.07) is 10.0. The summed E-state index contributed by atoms with van der Waals surface area (Å²) in [4.78, 5) is 15.1. The SMILES string of the molecule is CCCc1n[nH]c(=S)n1CC(=O)NC(CN1CCOCC1)c1ccccc1. The number of aryl methyl sites for hydroxylation is 1. The molecule has 2 aromatic rings. The molecule has 7 nitrogen and oxygen atoms in total. The second kappa shape index (κ2) is 9.77. The second-order valence-electron chi connectivity index (χ2n) is 6.72. The van der Waals surface area contributed by atoms with Crippen molar-refractivity contribution in [2.24, 2.45) is 0 Å². The standard InChI is InChI=1S/C19H27N5O2S/c1-2-6-17-21-22-19(27)24(17)14-18(25)20-16(15-7-4-3-5-8-15)13-23-9-11-26-12-10-23/h3-5,7-8,16H,2,6,9-14H2,1H3,(H,20,25)(H,22,27). The van der Waals surface area contributed by atoms with Crippen LogP contribution in [0.5, 0.6) is 0 Å². The van der Waals surface area contributed by atoms with Crippen LogP contribution >= 0.6 is 12.2 Å². The fourth-order valence-corrected chi connectivity index (χ4v) is 3.49. The van der Waals surface area contributed by atoms with Gasteiger partial charge in [0, 0.05) is 26.1 Å². The Kier molecular flexibility index (Phi) is 7.14. The summed E-state index contributed by atoms with van der Waals surface area (Å²) in [7, 11) is 0. The third-order valence-corrected chi connectivity index (χ3v) is 5.01. The van der Waals surface area contributed by atoms with Crippen molar-refractivity contribution in [3.05, 3.63) is 46.5 Å². The van der Waals surface area contributed by atoms with Crippen molar-refractivity contribution in [2.45, 2.75) is 32.4 Å². The van der Waals surface area contributed by atoms with E-state index in [1.807, 2.05) is 18.2 Å². The molecule has 1 saturated heterocycles. The van der Waals surface area contributed by atoms with E-state index in [2.05, 4.69) is 39.5 Å². The van der Waals surface area contributed by atoms with Crippen LogP contribution in [0.3, 0.4) is 0 Å². The molecule has 146 valence electrons. The number of nitrogens with one attached hydrogen (secondary N) is 2. The molecule has 2 heterocycles. The van der Waals surface area contributed by atoms with Crippen LogP contribution in [-0.2, 0) is 22.5 Å². The summed E-state index contributed by atoms with van der Waals surface area (Å²) in [5.41, 5.74) is 1.10. The Morgan fingerprint density at radius 2 is 2.07 bits per heavy atom. The highest BCUT2D eigenvalue weighted by Crippen LogP contribution is 2.15. The predicted octanol–water partition coefficient (Wildman–Crippen LogP) is 2.08. The largest absolute Gasteiger partial charge is 0.379 e. The molecule has 1 aromatic carbocycles. The van der Waals surface area contributed by atoms with E-state index in [9.17, 15) is 4.79 Å². The van der Waals surface area contributed by atoms with Gasteiger partial charge in [-0.1, -0.05) is 37.3 Å². The molecule has 0 bridgehead atoms. The molecule has 2 N–H and O–H groups in total. The minimum atomic E-state index is -0.0764. The lowest BCUT2D eigenvalue weighted by atomic mass is 10.1. The molecule has 1 unspecified atom stereocenters. The fourth-order valence-electron chi connectivity index (χ4n) is 3.27. The minimum absolute atomic E-state index is 0.0630. The molecule has 8 heteroatoms. The molecular formula is C19H27N5O2S. The van der Waals surface area contributed by atoms with Crippen molar-refractivity contribution < 1.29 is 9.53 Å². The van der Waals surface area contributed by atoms with Crippen molar-refractivity contribution in [3.8, 4) is 0 Å². The summed E-state index contributed by atoms with van der Waals surface area (Å²) in [6.45, 7) is 6.25. The molecule has 1 aromatic heterocycles. The van der Waals surface area contributed by atoms with Gasteiger partial charge in [0.2, 0.25) is 5.91 Å². The van der Waals surface area contributed by atoms with E-state index in [1.54, 1.807) is 4.57 Å². The van der Waals surface area contributed by atoms with Gasteiger partial charge in [0.25, 0.3) is 0 Å². The van der Waals surface area contributed by atoms with Gasteiger partial charge in [-0.15, -0.1) is 0 Å². The quantitative estimate of drug-likeness (QED) is 0.676. The number of aromatic amines is 1. The Bertz CT molecular complexity index is 783. The van der Waals surface area contributed by atoms with E-state index in [4.69, 9.17) is 17.0 Å². The summed E-state index contributed by atoms with van der Waals surface area (Å²) in [5.74, 6) is 0.758. The first-order valence-corrected chi connectivity index (χ1v) is 9.86. The van der Waals surface area contributed by atoms with Gasteiger partial charge in [0.05, 0.1) is 19.3 Å². The maximum absolute atomic E-state index is 12.8. The maximum Gasteiger partial charge on any atom is 0.240 e. The van der Waals surface area contributed by atoms with Gasteiger partial charge in [-0.25, -0.2) is 0 Å². The number of amides is 1. The number of aromatic nitrogens is 3. The Hall–Kier alpha value is -2.03. The lowest BCUT2D eigenvalue weighted by molar-refractivity contribution is -0.122. The van der Waals surface area contributed by atoms with E-state index >= 15 is 0 Å². The topological polar surface area (TPSA) is 75.2 Å². The zero-order chi connectivity index (χ0) is 19.1. The smallest absolute Gasteiger partial charge is 0.240 e. The van der Waals surface area contributed by atoms with Crippen LogP contribution < -0.4 is 5.32 Å². The summed E-state index contributed by atoms with van der Waals surface area (Å²) in [6.07, 6.45) is 1.74. The van der Waals surface area contributed by atoms with E-state index in [0.29, 0.717) is 4.77 Å². The first kappa shape index (κ1) is 19.7. The second-order valence-corrected chi connectivity index (χ2v) is 7.11. The molecule has 0 radical (unpaired) electrons. The molecule has 1 aliphatic rings. The highest BCUT2D eigenvalue weighted by atomic mass is 32.1. The lowest BCUT2D eigenvalue weighted by Gasteiger charge is -2.31. The number of carbonyl (C=O) groups excluding carboxylic acids is 1. The van der Waals surface area contributed by atoms with Crippen LogP contribution in [0.15, 0.2) is 30.3 Å². The Balaban J connectivity index is 1.70. The van der Waals surface area contributed by atoms with E-state index in [1.165, 1.54) is 0 Å². The number of hydrogen-bond donors (Lipinski definition) is 2. The summed E-state index contributed by atoms with van der Waals surface area (Å²) < 4.78 is 7.70. The van der Waals surface area contributed by atoms with Crippen molar-refractivity contribution in [2.75, 3.05) is 32.8 Å². The highest BCUT2D eigenvalue weighted by molar-refractivity contribution is 7.71. The molecule has 0 aliphatic carbocycles. The van der Waals surface area contributed by atoms with Gasteiger partial charge in [0.1, 0.15) is 12.4 Å². The molecule has 0 saturated carbocycles. The van der Waals surface area contributed by atoms with E-state index < -0.39 is 0 Å². The molecule has 27 heavy (non-hydrogen) atoms. The van der Waals surface area contributed by atoms with Crippen molar-refractivity contribution in [3.63, 3.8) is 0 Å². The molecule has 1 aliphatic heterocycles. The number of nitrogens with zero attached hydrogens (tertiary/aromatic N) is 3.